The third-order valence-electron chi connectivity index (χ3n) is 4.04. The minimum atomic E-state index is -3.79. The van der Waals surface area contributed by atoms with Crippen molar-refractivity contribution in [2.24, 2.45) is 0 Å². The molecule has 0 amide bonds. The maximum atomic E-state index is 13.3. The lowest BCUT2D eigenvalue weighted by Gasteiger charge is -2.10. The molecule has 0 saturated heterocycles. The standard InChI is InChI=1S/C18H21FN6O2S/c1-12-4-5-15(19)11-16(12)28(26,27)21-9-8-20-17-6-7-18(23-22-17)25-14(3)10-13(2)24-25/h4-7,10-11,21H,8-9H2,1-3H3,(H,20,22). The molecule has 2 aromatic heterocycles. The smallest absolute Gasteiger partial charge is 0.240 e. The van der Waals surface area contributed by atoms with Crippen molar-refractivity contribution in [2.75, 3.05) is 18.4 Å². The minimum Gasteiger partial charge on any atom is -0.367 e. The summed E-state index contributed by atoms with van der Waals surface area (Å²) in [7, 11) is -3.79. The van der Waals surface area contributed by atoms with E-state index in [1.807, 2.05) is 19.9 Å². The number of anilines is 1. The summed E-state index contributed by atoms with van der Waals surface area (Å²) in [6.45, 7) is 5.85. The second kappa shape index (κ2) is 8.03. The normalized spacial score (nSPS) is 11.6. The van der Waals surface area contributed by atoms with Crippen molar-refractivity contribution >= 4 is 15.8 Å². The molecule has 0 radical (unpaired) electrons. The first-order valence-corrected chi connectivity index (χ1v) is 10.1. The first-order valence-electron chi connectivity index (χ1n) is 8.63. The Bertz CT molecular complexity index is 1080. The largest absolute Gasteiger partial charge is 0.367 e. The molecule has 3 rings (SSSR count). The van der Waals surface area contributed by atoms with Gasteiger partial charge in [0, 0.05) is 18.8 Å². The SMILES string of the molecule is Cc1cc(C)n(-c2ccc(NCCNS(=O)(=O)c3cc(F)ccc3C)nn2)n1. The summed E-state index contributed by atoms with van der Waals surface area (Å²) in [5, 5.41) is 15.5. The van der Waals surface area contributed by atoms with E-state index < -0.39 is 15.8 Å². The van der Waals surface area contributed by atoms with Crippen molar-refractivity contribution < 1.29 is 12.8 Å². The number of aryl methyl sites for hydroxylation is 3. The van der Waals surface area contributed by atoms with Crippen LogP contribution in [0.5, 0.6) is 0 Å². The van der Waals surface area contributed by atoms with Crippen LogP contribution in [-0.2, 0) is 10.0 Å². The second-order valence-electron chi connectivity index (χ2n) is 6.35. The van der Waals surface area contributed by atoms with Crippen LogP contribution in [0, 0.1) is 26.6 Å². The number of nitrogens with zero attached hydrogens (tertiary/aromatic N) is 4. The van der Waals surface area contributed by atoms with E-state index in [0.717, 1.165) is 17.5 Å². The van der Waals surface area contributed by atoms with E-state index in [1.165, 1.54) is 12.1 Å². The van der Waals surface area contributed by atoms with Gasteiger partial charge in [0.1, 0.15) is 11.6 Å². The highest BCUT2D eigenvalue weighted by Crippen LogP contribution is 2.16. The predicted octanol–water partition coefficient (Wildman–Crippen LogP) is 2.12. The van der Waals surface area contributed by atoms with Crippen molar-refractivity contribution in [3.8, 4) is 5.82 Å². The monoisotopic (exact) mass is 404 g/mol. The van der Waals surface area contributed by atoms with E-state index in [1.54, 1.807) is 23.7 Å². The summed E-state index contributed by atoms with van der Waals surface area (Å²) in [6, 6.07) is 9.13. The van der Waals surface area contributed by atoms with Crippen LogP contribution >= 0.6 is 0 Å². The van der Waals surface area contributed by atoms with Crippen LogP contribution in [0.3, 0.4) is 0 Å². The number of sulfonamides is 1. The summed E-state index contributed by atoms with van der Waals surface area (Å²) < 4.78 is 42.1. The molecule has 0 spiro atoms. The van der Waals surface area contributed by atoms with Gasteiger partial charge in [0.2, 0.25) is 10.0 Å². The van der Waals surface area contributed by atoms with E-state index >= 15 is 0 Å². The molecule has 1 aromatic carbocycles. The van der Waals surface area contributed by atoms with Crippen LogP contribution in [-0.4, -0.2) is 41.5 Å². The van der Waals surface area contributed by atoms with Crippen molar-refractivity contribution in [3.63, 3.8) is 0 Å². The van der Waals surface area contributed by atoms with Gasteiger partial charge in [-0.25, -0.2) is 22.2 Å². The van der Waals surface area contributed by atoms with Gasteiger partial charge in [0.15, 0.2) is 5.82 Å². The van der Waals surface area contributed by atoms with Gasteiger partial charge in [0.25, 0.3) is 0 Å². The molecular formula is C18H21FN6O2S. The first kappa shape index (κ1) is 19.9. The number of nitrogens with one attached hydrogen (secondary N) is 2. The van der Waals surface area contributed by atoms with Crippen molar-refractivity contribution in [2.45, 2.75) is 25.7 Å². The van der Waals surface area contributed by atoms with Gasteiger partial charge >= 0.3 is 0 Å². The van der Waals surface area contributed by atoms with Crippen molar-refractivity contribution in [3.05, 3.63) is 59.2 Å². The highest BCUT2D eigenvalue weighted by molar-refractivity contribution is 7.89. The molecule has 3 aromatic rings. The molecule has 0 aliphatic rings. The van der Waals surface area contributed by atoms with E-state index in [0.29, 0.717) is 23.7 Å². The first-order chi connectivity index (χ1) is 13.3. The minimum absolute atomic E-state index is 0.0680. The lowest BCUT2D eigenvalue weighted by Crippen LogP contribution is -2.29. The molecule has 0 atom stereocenters. The number of benzene rings is 1. The lowest BCUT2D eigenvalue weighted by atomic mass is 10.2. The molecular weight excluding hydrogens is 383 g/mol. The van der Waals surface area contributed by atoms with Gasteiger partial charge < -0.3 is 5.32 Å². The average molecular weight is 404 g/mol. The summed E-state index contributed by atoms with van der Waals surface area (Å²) in [6.07, 6.45) is 0. The van der Waals surface area contributed by atoms with Crippen LogP contribution < -0.4 is 10.0 Å². The zero-order valence-electron chi connectivity index (χ0n) is 15.8. The highest BCUT2D eigenvalue weighted by atomic mass is 32.2. The third-order valence-corrected chi connectivity index (χ3v) is 5.64. The molecule has 10 heteroatoms. The summed E-state index contributed by atoms with van der Waals surface area (Å²) >= 11 is 0. The van der Waals surface area contributed by atoms with Gasteiger partial charge in [-0.2, -0.15) is 5.10 Å². The second-order valence-corrected chi connectivity index (χ2v) is 8.09. The van der Waals surface area contributed by atoms with Gasteiger partial charge in [0.05, 0.1) is 10.6 Å². The fourth-order valence-corrected chi connectivity index (χ4v) is 4.00. The Morgan fingerprint density at radius 3 is 2.46 bits per heavy atom. The van der Waals surface area contributed by atoms with Crippen LogP contribution in [0.4, 0.5) is 10.2 Å². The molecule has 28 heavy (non-hydrogen) atoms. The number of aromatic nitrogens is 4. The molecule has 0 aliphatic carbocycles. The number of hydrogen-bond acceptors (Lipinski definition) is 6. The van der Waals surface area contributed by atoms with Crippen LogP contribution in [0.1, 0.15) is 17.0 Å². The fraction of sp³-hybridized carbons (Fsp3) is 0.278. The molecule has 0 fully saturated rings. The molecule has 0 aliphatic heterocycles. The van der Waals surface area contributed by atoms with E-state index in [4.69, 9.17) is 0 Å². The maximum absolute atomic E-state index is 13.3. The Hall–Kier alpha value is -2.85. The van der Waals surface area contributed by atoms with Gasteiger partial charge in [-0.1, -0.05) is 6.07 Å². The van der Waals surface area contributed by atoms with Crippen molar-refractivity contribution in [1.29, 1.82) is 0 Å². The highest BCUT2D eigenvalue weighted by Gasteiger charge is 2.17. The number of rotatable bonds is 7. The Labute approximate surface area is 162 Å². The summed E-state index contributed by atoms with van der Waals surface area (Å²) in [5.41, 5.74) is 2.32. The Balaban J connectivity index is 1.56. The van der Waals surface area contributed by atoms with E-state index in [2.05, 4.69) is 25.3 Å². The Morgan fingerprint density at radius 1 is 1.04 bits per heavy atom. The topological polar surface area (TPSA) is 102 Å². The molecule has 2 N–H and O–H groups in total. The van der Waals surface area contributed by atoms with Gasteiger partial charge in [-0.05, 0) is 56.7 Å². The Morgan fingerprint density at radius 2 is 1.82 bits per heavy atom. The van der Waals surface area contributed by atoms with Crippen LogP contribution in [0.25, 0.3) is 5.82 Å². The van der Waals surface area contributed by atoms with Gasteiger partial charge in [-0.3, -0.25) is 0 Å². The molecule has 148 valence electrons. The maximum Gasteiger partial charge on any atom is 0.240 e. The molecule has 0 bridgehead atoms. The number of hydrogen-bond donors (Lipinski definition) is 2. The zero-order valence-corrected chi connectivity index (χ0v) is 16.6. The van der Waals surface area contributed by atoms with Gasteiger partial charge in [-0.15, -0.1) is 10.2 Å². The Kier molecular flexibility index (Phi) is 5.71. The summed E-state index contributed by atoms with van der Waals surface area (Å²) in [4.78, 5) is -0.0680. The lowest BCUT2D eigenvalue weighted by molar-refractivity contribution is 0.578. The summed E-state index contributed by atoms with van der Waals surface area (Å²) in [5.74, 6) is 0.506. The molecule has 0 saturated carbocycles. The van der Waals surface area contributed by atoms with Crippen molar-refractivity contribution in [1.82, 2.24) is 24.7 Å². The average Bonchev–Trinajstić information content (AvgIpc) is 2.99. The fourth-order valence-electron chi connectivity index (χ4n) is 2.71. The van der Waals surface area contributed by atoms with E-state index in [9.17, 15) is 12.8 Å². The predicted molar refractivity (Wildman–Crippen MR) is 103 cm³/mol. The van der Waals surface area contributed by atoms with E-state index in [-0.39, 0.29) is 11.4 Å². The number of halogens is 1. The van der Waals surface area contributed by atoms with Crippen LogP contribution in [0.2, 0.25) is 0 Å². The third kappa shape index (κ3) is 4.52. The van der Waals surface area contributed by atoms with Crippen LogP contribution in [0.15, 0.2) is 41.3 Å². The zero-order chi connectivity index (χ0) is 20.3. The quantitative estimate of drug-likeness (QED) is 0.585. The molecule has 2 heterocycles. The molecule has 8 nitrogen and oxygen atoms in total. The molecule has 0 unspecified atom stereocenters.